The van der Waals surface area contributed by atoms with Crippen LogP contribution in [0.4, 0.5) is 5.69 Å². The lowest BCUT2D eigenvalue weighted by atomic mass is 10.1. The van der Waals surface area contributed by atoms with E-state index >= 15 is 0 Å². The maximum Gasteiger partial charge on any atom is 0.228 e. The van der Waals surface area contributed by atoms with Gasteiger partial charge in [0.1, 0.15) is 0 Å². The highest BCUT2D eigenvalue weighted by Crippen LogP contribution is 2.33. The van der Waals surface area contributed by atoms with Crippen LogP contribution in [0, 0.1) is 12.8 Å². The number of likely N-dealkylation sites (tertiary alicyclic amines) is 1. The second kappa shape index (κ2) is 6.07. The molecule has 6 heteroatoms. The predicted molar refractivity (Wildman–Crippen MR) is 90.6 cm³/mol. The predicted octanol–water partition coefficient (Wildman–Crippen LogP) is 1.05. The molecule has 3 heterocycles. The Hall–Kier alpha value is -2.11. The number of anilines is 1. The zero-order valence-electron chi connectivity index (χ0n) is 14.1. The zero-order chi connectivity index (χ0) is 16.7. The Morgan fingerprint density at radius 2 is 1.96 bits per heavy atom. The van der Waals surface area contributed by atoms with Gasteiger partial charge in [-0.25, -0.2) is 0 Å². The molecule has 3 aliphatic rings. The maximum absolute atomic E-state index is 12.8. The summed E-state index contributed by atoms with van der Waals surface area (Å²) in [5.41, 5.74) is 2.18. The number of piperazine rings is 1. The van der Waals surface area contributed by atoms with Gasteiger partial charge in [0, 0.05) is 62.8 Å². The van der Waals surface area contributed by atoms with E-state index < -0.39 is 0 Å². The minimum Gasteiger partial charge on any atom is -0.368 e. The molecule has 0 bridgehead atoms. The third-order valence-corrected chi connectivity index (χ3v) is 5.33. The first-order valence-electron chi connectivity index (χ1n) is 8.87. The van der Waals surface area contributed by atoms with Gasteiger partial charge in [0.05, 0.1) is 5.92 Å². The first kappa shape index (κ1) is 15.4. The van der Waals surface area contributed by atoms with Crippen molar-refractivity contribution in [2.45, 2.75) is 32.2 Å². The van der Waals surface area contributed by atoms with Crippen LogP contribution in [-0.2, 0) is 9.59 Å². The van der Waals surface area contributed by atoms with E-state index in [9.17, 15) is 9.59 Å². The molecule has 2 amide bonds. The quantitative estimate of drug-likeness (QED) is 0.832. The Balaban J connectivity index is 1.34. The number of aryl methyl sites for hydroxylation is 1. The molecule has 0 spiro atoms. The molecule has 24 heavy (non-hydrogen) atoms. The summed E-state index contributed by atoms with van der Waals surface area (Å²) in [6.45, 7) is 5.76. The van der Waals surface area contributed by atoms with Crippen LogP contribution >= 0.6 is 0 Å². The molecule has 1 aromatic heterocycles. The smallest absolute Gasteiger partial charge is 0.228 e. The SMILES string of the molecule is Cc1cc(N2CCN(C(=O)[C@@H]3CC(=O)N(C4CC4)C3)CC2)ccn1. The van der Waals surface area contributed by atoms with Gasteiger partial charge in [0.15, 0.2) is 0 Å². The Morgan fingerprint density at radius 3 is 2.62 bits per heavy atom. The molecule has 128 valence electrons. The lowest BCUT2D eigenvalue weighted by Gasteiger charge is -2.37. The fraction of sp³-hybridized carbons (Fsp3) is 0.611. The molecular formula is C18H24N4O2. The third kappa shape index (κ3) is 2.97. The van der Waals surface area contributed by atoms with Crippen LogP contribution < -0.4 is 4.90 Å². The number of rotatable bonds is 3. The Kier molecular flexibility index (Phi) is 3.90. The molecule has 1 aliphatic carbocycles. The molecule has 1 aromatic rings. The molecule has 4 rings (SSSR count). The fourth-order valence-electron chi connectivity index (χ4n) is 3.81. The Morgan fingerprint density at radius 1 is 1.21 bits per heavy atom. The van der Waals surface area contributed by atoms with Crippen molar-refractivity contribution in [3.63, 3.8) is 0 Å². The first-order valence-corrected chi connectivity index (χ1v) is 8.87. The number of aromatic nitrogens is 1. The summed E-state index contributed by atoms with van der Waals surface area (Å²) in [6.07, 6.45) is 4.45. The Bertz CT molecular complexity index is 650. The monoisotopic (exact) mass is 328 g/mol. The van der Waals surface area contributed by atoms with Crippen LogP contribution in [0.15, 0.2) is 18.3 Å². The van der Waals surface area contributed by atoms with Crippen molar-refractivity contribution >= 4 is 17.5 Å². The minimum absolute atomic E-state index is 0.132. The van der Waals surface area contributed by atoms with Gasteiger partial charge in [0.25, 0.3) is 0 Å². The minimum atomic E-state index is -0.132. The largest absolute Gasteiger partial charge is 0.368 e. The molecular weight excluding hydrogens is 304 g/mol. The van der Waals surface area contributed by atoms with Crippen LogP contribution in [0.25, 0.3) is 0 Å². The van der Waals surface area contributed by atoms with Gasteiger partial charge in [-0.1, -0.05) is 0 Å². The average molecular weight is 328 g/mol. The molecule has 1 atom stereocenters. The van der Waals surface area contributed by atoms with Crippen molar-refractivity contribution in [1.29, 1.82) is 0 Å². The van der Waals surface area contributed by atoms with E-state index in [0.717, 1.165) is 44.7 Å². The van der Waals surface area contributed by atoms with Crippen LogP contribution in [0.1, 0.15) is 25.0 Å². The van der Waals surface area contributed by atoms with E-state index in [1.807, 2.05) is 29.0 Å². The fourth-order valence-corrected chi connectivity index (χ4v) is 3.81. The second-order valence-corrected chi connectivity index (χ2v) is 7.15. The van der Waals surface area contributed by atoms with Gasteiger partial charge >= 0.3 is 0 Å². The van der Waals surface area contributed by atoms with Gasteiger partial charge in [-0.2, -0.15) is 0 Å². The van der Waals surface area contributed by atoms with Crippen molar-refractivity contribution in [2.75, 3.05) is 37.6 Å². The topological polar surface area (TPSA) is 56.8 Å². The van der Waals surface area contributed by atoms with Crippen molar-refractivity contribution in [1.82, 2.24) is 14.8 Å². The molecule has 2 saturated heterocycles. The lowest BCUT2D eigenvalue weighted by Crippen LogP contribution is -2.50. The van der Waals surface area contributed by atoms with Gasteiger partial charge in [-0.3, -0.25) is 14.6 Å². The first-order chi connectivity index (χ1) is 11.6. The van der Waals surface area contributed by atoms with Crippen molar-refractivity contribution in [3.05, 3.63) is 24.0 Å². The molecule has 0 radical (unpaired) electrons. The standard InChI is InChI=1S/C18H24N4O2/c1-13-10-16(4-5-19-13)20-6-8-21(9-7-20)18(24)14-11-17(23)22(12-14)15-2-3-15/h4-5,10,14-15H,2-3,6-9,11-12H2,1H3/t14-/m1/s1. The van der Waals surface area contributed by atoms with Crippen molar-refractivity contribution in [2.24, 2.45) is 5.92 Å². The molecule has 6 nitrogen and oxygen atoms in total. The van der Waals surface area contributed by atoms with Crippen LogP contribution in [0.5, 0.6) is 0 Å². The van der Waals surface area contributed by atoms with E-state index in [0.29, 0.717) is 19.0 Å². The summed E-state index contributed by atoms with van der Waals surface area (Å²) in [5, 5.41) is 0. The van der Waals surface area contributed by atoms with Gasteiger partial charge in [-0.15, -0.1) is 0 Å². The number of nitrogens with zero attached hydrogens (tertiary/aromatic N) is 4. The summed E-state index contributed by atoms with van der Waals surface area (Å²) >= 11 is 0. The number of hydrogen-bond acceptors (Lipinski definition) is 4. The summed E-state index contributed by atoms with van der Waals surface area (Å²) in [6, 6.07) is 4.52. The van der Waals surface area contributed by atoms with E-state index in [-0.39, 0.29) is 17.7 Å². The highest BCUT2D eigenvalue weighted by Gasteiger charge is 2.43. The van der Waals surface area contributed by atoms with E-state index in [2.05, 4.69) is 16.0 Å². The Labute approximate surface area is 142 Å². The molecule has 3 fully saturated rings. The highest BCUT2D eigenvalue weighted by molar-refractivity contribution is 5.89. The summed E-state index contributed by atoms with van der Waals surface area (Å²) in [4.78, 5) is 35.2. The average Bonchev–Trinajstić information content (AvgIpc) is 3.36. The summed E-state index contributed by atoms with van der Waals surface area (Å²) < 4.78 is 0. The van der Waals surface area contributed by atoms with E-state index in [1.165, 1.54) is 5.69 Å². The molecule has 2 aliphatic heterocycles. The molecule has 1 saturated carbocycles. The van der Waals surface area contributed by atoms with Crippen LogP contribution in [0.2, 0.25) is 0 Å². The summed E-state index contributed by atoms with van der Waals surface area (Å²) in [7, 11) is 0. The van der Waals surface area contributed by atoms with E-state index in [1.54, 1.807) is 0 Å². The van der Waals surface area contributed by atoms with Gasteiger partial charge < -0.3 is 14.7 Å². The number of amides is 2. The lowest BCUT2D eigenvalue weighted by molar-refractivity contribution is -0.136. The van der Waals surface area contributed by atoms with Gasteiger partial charge in [0.2, 0.25) is 11.8 Å². The number of hydrogen-bond donors (Lipinski definition) is 0. The van der Waals surface area contributed by atoms with Gasteiger partial charge in [-0.05, 0) is 31.9 Å². The maximum atomic E-state index is 12.8. The molecule has 0 unspecified atom stereocenters. The number of pyridine rings is 1. The third-order valence-electron chi connectivity index (χ3n) is 5.33. The summed E-state index contributed by atoms with van der Waals surface area (Å²) in [5.74, 6) is 0.201. The zero-order valence-corrected chi connectivity index (χ0v) is 14.1. The molecule has 0 aromatic carbocycles. The van der Waals surface area contributed by atoms with Crippen LogP contribution in [0.3, 0.4) is 0 Å². The van der Waals surface area contributed by atoms with Crippen molar-refractivity contribution in [3.8, 4) is 0 Å². The molecule has 0 N–H and O–H groups in total. The van der Waals surface area contributed by atoms with Crippen LogP contribution in [-0.4, -0.2) is 65.4 Å². The van der Waals surface area contributed by atoms with E-state index in [4.69, 9.17) is 0 Å². The number of carbonyl (C=O) groups is 2. The number of carbonyl (C=O) groups excluding carboxylic acids is 2. The second-order valence-electron chi connectivity index (χ2n) is 7.15. The highest BCUT2D eigenvalue weighted by atomic mass is 16.2. The van der Waals surface area contributed by atoms with Crippen molar-refractivity contribution < 1.29 is 9.59 Å². The normalized spacial score (nSPS) is 24.6.